The lowest BCUT2D eigenvalue weighted by molar-refractivity contribution is -0.330. The molecular formula is C34H20O8. The van der Waals surface area contributed by atoms with Gasteiger partial charge >= 0.3 is 6.16 Å². The summed E-state index contributed by atoms with van der Waals surface area (Å²) in [7, 11) is 0. The molecule has 8 nitrogen and oxygen atoms in total. The van der Waals surface area contributed by atoms with Crippen molar-refractivity contribution in [2.45, 2.75) is 11.6 Å². The molecule has 0 aromatic heterocycles. The number of rotatable bonds is 2. The molecule has 42 heavy (non-hydrogen) atoms. The Hall–Kier alpha value is -5.50. The number of benzene rings is 5. The van der Waals surface area contributed by atoms with Gasteiger partial charge in [-0.05, 0) is 57.6 Å². The Bertz CT molecular complexity index is 1900. The van der Waals surface area contributed by atoms with Crippen LogP contribution in [0.5, 0.6) is 46.0 Å². The molecule has 5 aromatic rings. The van der Waals surface area contributed by atoms with Gasteiger partial charge in [-0.3, -0.25) is 0 Å². The van der Waals surface area contributed by atoms with E-state index in [0.717, 1.165) is 33.8 Å². The van der Waals surface area contributed by atoms with E-state index in [2.05, 4.69) is 66.7 Å². The zero-order valence-electron chi connectivity index (χ0n) is 21.9. The number of fused-ring (bicyclic) bond motifs is 7. The molecule has 204 valence electrons. The third-order valence-corrected chi connectivity index (χ3v) is 8.51. The molecule has 4 aliphatic heterocycles. The van der Waals surface area contributed by atoms with Crippen molar-refractivity contribution < 1.29 is 37.9 Å². The molecule has 10 rings (SSSR count). The van der Waals surface area contributed by atoms with E-state index in [0.29, 0.717) is 34.5 Å². The Morgan fingerprint density at radius 3 is 1.48 bits per heavy atom. The van der Waals surface area contributed by atoms with Crippen molar-refractivity contribution in [3.8, 4) is 57.1 Å². The fourth-order valence-electron chi connectivity index (χ4n) is 6.79. The van der Waals surface area contributed by atoms with Crippen molar-refractivity contribution in [3.63, 3.8) is 0 Å². The van der Waals surface area contributed by atoms with Crippen LogP contribution >= 0.6 is 0 Å². The zero-order valence-corrected chi connectivity index (χ0v) is 21.9. The highest BCUT2D eigenvalue weighted by Gasteiger charge is 2.55. The maximum Gasteiger partial charge on any atom is 0.611 e. The molecule has 0 amide bonds. The third-order valence-electron chi connectivity index (χ3n) is 8.51. The summed E-state index contributed by atoms with van der Waals surface area (Å²) < 4.78 is 47.1. The number of ether oxygens (including phenoxy) is 8. The van der Waals surface area contributed by atoms with Gasteiger partial charge in [-0.15, -0.1) is 0 Å². The van der Waals surface area contributed by atoms with Crippen LogP contribution in [0.1, 0.15) is 22.3 Å². The number of hydrogen-bond acceptors (Lipinski definition) is 8. The fourth-order valence-corrected chi connectivity index (χ4v) is 6.79. The minimum Gasteiger partial charge on any atom is -0.454 e. The number of hydrogen-bond donors (Lipinski definition) is 0. The quantitative estimate of drug-likeness (QED) is 0.244. The van der Waals surface area contributed by atoms with Gasteiger partial charge in [-0.1, -0.05) is 60.7 Å². The van der Waals surface area contributed by atoms with E-state index < -0.39 is 11.6 Å². The first-order valence-corrected chi connectivity index (χ1v) is 13.6. The van der Waals surface area contributed by atoms with Gasteiger partial charge in [-0.2, -0.15) is 0 Å². The minimum absolute atomic E-state index is 0.155. The predicted molar refractivity (Wildman–Crippen MR) is 148 cm³/mol. The smallest absolute Gasteiger partial charge is 0.454 e. The zero-order chi connectivity index (χ0) is 27.5. The Morgan fingerprint density at radius 2 is 0.857 bits per heavy atom. The van der Waals surface area contributed by atoms with E-state index in [1.807, 2.05) is 18.2 Å². The molecule has 0 saturated carbocycles. The van der Waals surface area contributed by atoms with Gasteiger partial charge in [0, 0.05) is 12.1 Å². The Morgan fingerprint density at radius 1 is 0.405 bits per heavy atom. The topological polar surface area (TPSA) is 73.8 Å². The standard InChI is InChI=1S/C34H20O8/c1-3-7-23-21(5-1)22-6-2-4-8-24(22)33(23,19-9-11-25-27(13-19)36-17-35-25)20-10-12-26-30(14-20)40-34(39-26)41-31-15-28-29(38-18-37-28)16-32(31)42-34/h1-16H,17-18H2. The van der Waals surface area contributed by atoms with Gasteiger partial charge in [-0.25, -0.2) is 0 Å². The molecular weight excluding hydrogens is 536 g/mol. The first-order valence-electron chi connectivity index (χ1n) is 13.6. The molecule has 5 aliphatic rings. The minimum atomic E-state index is -1.78. The summed E-state index contributed by atoms with van der Waals surface area (Å²) in [6.07, 6.45) is -1.78. The average Bonchev–Trinajstić information content (AvgIpc) is 3.83. The summed E-state index contributed by atoms with van der Waals surface area (Å²) >= 11 is 0. The summed E-state index contributed by atoms with van der Waals surface area (Å²) in [4.78, 5) is 0. The summed E-state index contributed by atoms with van der Waals surface area (Å²) in [6, 6.07) is 32.6. The van der Waals surface area contributed by atoms with Gasteiger partial charge in [0.2, 0.25) is 13.6 Å². The molecule has 0 bridgehead atoms. The lowest BCUT2D eigenvalue weighted by atomic mass is 9.67. The normalized spacial score (nSPS) is 17.8. The lowest BCUT2D eigenvalue weighted by Crippen LogP contribution is -2.47. The van der Waals surface area contributed by atoms with Crippen molar-refractivity contribution in [1.82, 2.24) is 0 Å². The van der Waals surface area contributed by atoms with E-state index in [1.165, 1.54) is 11.1 Å². The summed E-state index contributed by atoms with van der Waals surface area (Å²) in [5.74, 6) is 4.52. The van der Waals surface area contributed by atoms with Crippen LogP contribution in [0.3, 0.4) is 0 Å². The van der Waals surface area contributed by atoms with E-state index in [4.69, 9.17) is 37.9 Å². The first-order chi connectivity index (χ1) is 20.7. The molecule has 1 spiro atoms. The monoisotopic (exact) mass is 556 g/mol. The van der Waals surface area contributed by atoms with E-state index in [-0.39, 0.29) is 13.6 Å². The maximum absolute atomic E-state index is 6.31. The van der Waals surface area contributed by atoms with Crippen molar-refractivity contribution in [2.75, 3.05) is 13.6 Å². The molecule has 5 aromatic carbocycles. The first kappa shape index (κ1) is 22.2. The van der Waals surface area contributed by atoms with E-state index in [9.17, 15) is 0 Å². The lowest BCUT2D eigenvalue weighted by Gasteiger charge is -2.34. The molecule has 0 unspecified atom stereocenters. The van der Waals surface area contributed by atoms with E-state index >= 15 is 0 Å². The van der Waals surface area contributed by atoms with Crippen LogP contribution in [-0.4, -0.2) is 19.7 Å². The predicted octanol–water partition coefficient (Wildman–Crippen LogP) is 6.36. The van der Waals surface area contributed by atoms with Crippen molar-refractivity contribution in [3.05, 3.63) is 119 Å². The van der Waals surface area contributed by atoms with E-state index in [1.54, 1.807) is 12.1 Å². The third kappa shape index (κ3) is 2.76. The van der Waals surface area contributed by atoms with Crippen LogP contribution < -0.4 is 37.9 Å². The fraction of sp³-hybridized carbons (Fsp3) is 0.118. The van der Waals surface area contributed by atoms with Crippen LogP contribution in [0.2, 0.25) is 0 Å². The molecule has 0 saturated heterocycles. The Labute approximate surface area is 239 Å². The van der Waals surface area contributed by atoms with Crippen molar-refractivity contribution in [1.29, 1.82) is 0 Å². The molecule has 0 atom stereocenters. The van der Waals surface area contributed by atoms with Crippen LogP contribution in [0.15, 0.2) is 97.1 Å². The summed E-state index contributed by atoms with van der Waals surface area (Å²) in [5.41, 5.74) is 6.05. The van der Waals surface area contributed by atoms with Crippen molar-refractivity contribution in [2.24, 2.45) is 0 Å². The van der Waals surface area contributed by atoms with Gasteiger partial charge in [0.05, 0.1) is 5.41 Å². The second-order valence-electron chi connectivity index (χ2n) is 10.6. The van der Waals surface area contributed by atoms with Gasteiger partial charge in [0.1, 0.15) is 0 Å². The molecule has 1 aliphatic carbocycles. The SMILES string of the molecule is c1ccc2c(c1)-c1ccccc1C2(c1ccc2c(c1)OCO2)c1ccc2c(c1)OC1(O2)Oc2cc3c(cc2O1)OCO3. The van der Waals surface area contributed by atoms with Crippen molar-refractivity contribution >= 4 is 0 Å². The average molecular weight is 557 g/mol. The molecule has 0 radical (unpaired) electrons. The maximum atomic E-state index is 6.31. The van der Waals surface area contributed by atoms with Gasteiger partial charge < -0.3 is 37.9 Å². The summed E-state index contributed by atoms with van der Waals surface area (Å²) in [6.45, 7) is 0.358. The molecule has 0 fully saturated rings. The highest BCUT2D eigenvalue weighted by atomic mass is 17.0. The Kier molecular flexibility index (Phi) is 4.03. The van der Waals surface area contributed by atoms with Crippen LogP contribution in [0.4, 0.5) is 0 Å². The second kappa shape index (κ2) is 7.61. The molecule has 4 heterocycles. The highest BCUT2D eigenvalue weighted by molar-refractivity contribution is 5.86. The van der Waals surface area contributed by atoms with Gasteiger partial charge in [0.15, 0.2) is 46.0 Å². The largest absolute Gasteiger partial charge is 0.611 e. The van der Waals surface area contributed by atoms with Crippen LogP contribution in [0.25, 0.3) is 11.1 Å². The van der Waals surface area contributed by atoms with Crippen LogP contribution in [0, 0.1) is 0 Å². The highest BCUT2D eigenvalue weighted by Crippen LogP contribution is 2.59. The molecule has 0 N–H and O–H groups in total. The Balaban J connectivity index is 1.13. The van der Waals surface area contributed by atoms with Gasteiger partial charge in [0.25, 0.3) is 0 Å². The summed E-state index contributed by atoms with van der Waals surface area (Å²) in [5, 5.41) is 0. The second-order valence-corrected chi connectivity index (χ2v) is 10.6. The van der Waals surface area contributed by atoms with Crippen LogP contribution in [-0.2, 0) is 5.41 Å². The molecule has 8 heteroatoms.